The van der Waals surface area contributed by atoms with E-state index >= 15 is 0 Å². The first-order valence-electron chi connectivity index (χ1n) is 8.75. The van der Waals surface area contributed by atoms with Gasteiger partial charge in [-0.2, -0.15) is 0 Å². The quantitative estimate of drug-likeness (QED) is 0.237. The van der Waals surface area contributed by atoms with Crippen LogP contribution >= 0.6 is 23.1 Å². The maximum absolute atomic E-state index is 12.5. The Bertz CT molecular complexity index is 1070. The van der Waals surface area contributed by atoms with E-state index in [1.807, 2.05) is 17.5 Å². The number of benzene rings is 2. The molecule has 3 rings (SSSR count). The lowest BCUT2D eigenvalue weighted by molar-refractivity contribution is -0.384. The highest BCUT2D eigenvalue weighted by molar-refractivity contribution is 7.98. The number of thiazole rings is 1. The number of carbonyl (C=O) groups excluding carboxylic acids is 2. The van der Waals surface area contributed by atoms with E-state index in [0.717, 1.165) is 10.6 Å². The lowest BCUT2D eigenvalue weighted by Crippen LogP contribution is -2.21. The number of rotatable bonds is 8. The Morgan fingerprint density at radius 3 is 2.77 bits per heavy atom. The Kier molecular flexibility index (Phi) is 7.15. The van der Waals surface area contributed by atoms with Gasteiger partial charge in [-0.25, -0.2) is 9.78 Å². The molecule has 0 aliphatic carbocycles. The molecule has 1 amide bonds. The monoisotopic (exact) mass is 443 g/mol. The highest BCUT2D eigenvalue weighted by Gasteiger charge is 2.16. The minimum Gasteiger partial charge on any atom is -0.452 e. The van der Waals surface area contributed by atoms with Gasteiger partial charge in [0, 0.05) is 33.8 Å². The first-order valence-corrected chi connectivity index (χ1v) is 10.7. The Labute approximate surface area is 180 Å². The number of nitro benzene ring substituents is 1. The number of hydrogen-bond acceptors (Lipinski definition) is 8. The van der Waals surface area contributed by atoms with Crippen molar-refractivity contribution < 1.29 is 19.2 Å². The van der Waals surface area contributed by atoms with E-state index in [0.29, 0.717) is 22.6 Å². The van der Waals surface area contributed by atoms with Gasteiger partial charge in [0.15, 0.2) is 6.61 Å². The van der Waals surface area contributed by atoms with Gasteiger partial charge < -0.3 is 10.1 Å². The summed E-state index contributed by atoms with van der Waals surface area (Å²) in [5.41, 5.74) is 3.93. The molecule has 0 atom stereocenters. The minimum atomic E-state index is -0.605. The van der Waals surface area contributed by atoms with E-state index in [9.17, 15) is 19.7 Å². The van der Waals surface area contributed by atoms with Gasteiger partial charge in [-0.15, -0.1) is 23.1 Å². The molecular weight excluding hydrogens is 426 g/mol. The van der Waals surface area contributed by atoms with Crippen molar-refractivity contribution in [2.45, 2.75) is 17.6 Å². The SMILES string of the molecule is Cc1cc([N+](=O)[O-])ccc1NC(=O)COC(=O)c1ccccc1SCc1cscn1. The first-order chi connectivity index (χ1) is 14.4. The zero-order valence-electron chi connectivity index (χ0n) is 15.9. The number of aromatic nitrogens is 1. The number of carbonyl (C=O) groups is 2. The molecule has 30 heavy (non-hydrogen) atoms. The molecule has 0 fully saturated rings. The van der Waals surface area contributed by atoms with Crippen molar-refractivity contribution in [2.75, 3.05) is 11.9 Å². The second-order valence-corrected chi connectivity index (χ2v) is 7.88. The Hall–Kier alpha value is -3.24. The van der Waals surface area contributed by atoms with E-state index in [1.54, 1.807) is 24.6 Å². The fourth-order valence-electron chi connectivity index (χ4n) is 2.52. The number of aryl methyl sites for hydroxylation is 1. The summed E-state index contributed by atoms with van der Waals surface area (Å²) in [5.74, 6) is -0.520. The summed E-state index contributed by atoms with van der Waals surface area (Å²) >= 11 is 2.97. The van der Waals surface area contributed by atoms with Crippen LogP contribution in [0.25, 0.3) is 0 Å². The van der Waals surface area contributed by atoms with E-state index in [1.165, 1.54) is 41.3 Å². The van der Waals surface area contributed by atoms with Crippen molar-refractivity contribution in [3.8, 4) is 0 Å². The van der Waals surface area contributed by atoms with E-state index in [-0.39, 0.29) is 5.69 Å². The second-order valence-electron chi connectivity index (χ2n) is 6.15. The predicted octanol–water partition coefficient (Wildman–Crippen LogP) is 4.45. The molecule has 0 radical (unpaired) electrons. The van der Waals surface area contributed by atoms with Crippen molar-refractivity contribution in [1.29, 1.82) is 0 Å². The van der Waals surface area contributed by atoms with Gasteiger partial charge in [0.05, 0.1) is 21.7 Å². The van der Waals surface area contributed by atoms with Gasteiger partial charge in [-0.05, 0) is 30.7 Å². The number of amides is 1. The van der Waals surface area contributed by atoms with E-state index in [4.69, 9.17) is 4.74 Å². The number of hydrogen-bond donors (Lipinski definition) is 1. The van der Waals surface area contributed by atoms with Crippen molar-refractivity contribution in [3.05, 3.63) is 80.3 Å². The highest BCUT2D eigenvalue weighted by atomic mass is 32.2. The summed E-state index contributed by atoms with van der Waals surface area (Å²) in [5, 5.41) is 15.3. The maximum Gasteiger partial charge on any atom is 0.339 e. The van der Waals surface area contributed by atoms with Crippen LogP contribution < -0.4 is 5.32 Å². The average Bonchev–Trinajstić information content (AvgIpc) is 3.25. The molecule has 0 saturated heterocycles. The summed E-state index contributed by atoms with van der Waals surface area (Å²) in [6.07, 6.45) is 0. The molecule has 2 aromatic carbocycles. The van der Waals surface area contributed by atoms with Crippen molar-refractivity contribution in [2.24, 2.45) is 0 Å². The minimum absolute atomic E-state index is 0.0660. The van der Waals surface area contributed by atoms with Crippen LogP contribution in [-0.4, -0.2) is 28.4 Å². The maximum atomic E-state index is 12.5. The molecule has 0 unspecified atom stereocenters. The molecule has 0 saturated carbocycles. The van der Waals surface area contributed by atoms with Gasteiger partial charge in [0.1, 0.15) is 0 Å². The number of thioether (sulfide) groups is 1. The molecule has 0 bridgehead atoms. The number of non-ortho nitro benzene ring substituents is 1. The normalized spacial score (nSPS) is 10.4. The van der Waals surface area contributed by atoms with Crippen LogP contribution in [0.1, 0.15) is 21.6 Å². The summed E-state index contributed by atoms with van der Waals surface area (Å²) < 4.78 is 5.16. The van der Waals surface area contributed by atoms with Crippen molar-refractivity contribution >= 4 is 46.3 Å². The number of nitrogens with zero attached hydrogens (tertiary/aromatic N) is 2. The van der Waals surface area contributed by atoms with Crippen LogP contribution in [0.3, 0.4) is 0 Å². The molecule has 1 aromatic heterocycles. The Morgan fingerprint density at radius 1 is 1.27 bits per heavy atom. The molecule has 0 spiro atoms. The largest absolute Gasteiger partial charge is 0.452 e. The lowest BCUT2D eigenvalue weighted by Gasteiger charge is -2.10. The fraction of sp³-hybridized carbons (Fsp3) is 0.150. The van der Waals surface area contributed by atoms with Crippen LogP contribution in [-0.2, 0) is 15.3 Å². The molecule has 10 heteroatoms. The smallest absolute Gasteiger partial charge is 0.339 e. The number of nitrogens with one attached hydrogen (secondary N) is 1. The molecule has 0 aliphatic heterocycles. The number of anilines is 1. The van der Waals surface area contributed by atoms with Gasteiger partial charge >= 0.3 is 5.97 Å². The van der Waals surface area contributed by atoms with Gasteiger partial charge in [0.2, 0.25) is 0 Å². The predicted molar refractivity (Wildman–Crippen MR) is 115 cm³/mol. The van der Waals surface area contributed by atoms with Crippen molar-refractivity contribution in [1.82, 2.24) is 4.98 Å². The third-order valence-electron chi connectivity index (χ3n) is 4.00. The molecule has 1 N–H and O–H groups in total. The van der Waals surface area contributed by atoms with Gasteiger partial charge in [-0.1, -0.05) is 12.1 Å². The first kappa shape index (κ1) is 21.5. The molecule has 8 nitrogen and oxygen atoms in total. The van der Waals surface area contributed by atoms with Crippen molar-refractivity contribution in [3.63, 3.8) is 0 Å². The fourth-order valence-corrected chi connectivity index (χ4v) is 4.13. The van der Waals surface area contributed by atoms with Gasteiger partial charge in [0.25, 0.3) is 11.6 Å². The zero-order chi connectivity index (χ0) is 21.5. The molecule has 0 aliphatic rings. The highest BCUT2D eigenvalue weighted by Crippen LogP contribution is 2.27. The zero-order valence-corrected chi connectivity index (χ0v) is 17.5. The Balaban J connectivity index is 1.58. The second kappa shape index (κ2) is 9.99. The van der Waals surface area contributed by atoms with Crippen LogP contribution in [0.4, 0.5) is 11.4 Å². The standard InChI is InChI=1S/C20H17N3O5S2/c1-13-8-15(23(26)27)6-7-17(13)22-19(24)9-28-20(25)16-4-2-3-5-18(16)30-11-14-10-29-12-21-14/h2-8,10,12H,9,11H2,1H3,(H,22,24). The number of nitro groups is 1. The summed E-state index contributed by atoms with van der Waals surface area (Å²) in [7, 11) is 0. The van der Waals surface area contributed by atoms with Crippen LogP contribution in [0.15, 0.2) is 58.3 Å². The van der Waals surface area contributed by atoms with Crippen LogP contribution in [0, 0.1) is 17.0 Å². The molecular formula is C20H17N3O5S2. The topological polar surface area (TPSA) is 111 Å². The Morgan fingerprint density at radius 2 is 2.07 bits per heavy atom. The summed E-state index contributed by atoms with van der Waals surface area (Å²) in [4.78, 5) is 39.9. The summed E-state index contributed by atoms with van der Waals surface area (Å²) in [6.45, 7) is 1.17. The number of esters is 1. The number of ether oxygens (including phenoxy) is 1. The van der Waals surface area contributed by atoms with E-state index in [2.05, 4.69) is 10.3 Å². The van der Waals surface area contributed by atoms with E-state index < -0.39 is 23.4 Å². The molecule has 3 aromatic rings. The third kappa shape index (κ3) is 5.65. The summed E-state index contributed by atoms with van der Waals surface area (Å²) in [6, 6.07) is 11.1. The molecule has 154 valence electrons. The third-order valence-corrected chi connectivity index (χ3v) is 5.74. The van der Waals surface area contributed by atoms with Crippen LogP contribution in [0.2, 0.25) is 0 Å². The van der Waals surface area contributed by atoms with Crippen LogP contribution in [0.5, 0.6) is 0 Å². The average molecular weight is 444 g/mol. The van der Waals surface area contributed by atoms with Gasteiger partial charge in [-0.3, -0.25) is 14.9 Å². The lowest BCUT2D eigenvalue weighted by atomic mass is 10.2. The molecule has 1 heterocycles.